The normalized spacial score (nSPS) is 32.5. The number of halogens is 1. The van der Waals surface area contributed by atoms with Crippen LogP contribution >= 0.6 is 23.4 Å². The summed E-state index contributed by atoms with van der Waals surface area (Å²) in [5.41, 5.74) is 2.14. The molecule has 0 saturated carbocycles. The molecule has 2 amide bonds. The van der Waals surface area contributed by atoms with E-state index in [0.29, 0.717) is 22.9 Å². The Bertz CT molecular complexity index is 1440. The van der Waals surface area contributed by atoms with Crippen molar-refractivity contribution in [3.8, 4) is 0 Å². The number of likely N-dealkylation sites (tertiary alicyclic amines) is 1. The Morgan fingerprint density at radius 3 is 2.55 bits per heavy atom. The standard InChI is InChI=1S/C33H35ClN2O5S/c1-21-12-10-15-23(34)27(21)35-18-11-17-33-25(26-31(40)41-19-9-4-3-8-16-32(26,2)42-33)29(38)36(28(33)30(35)39)24(20-37)22-13-6-5-7-14-22/h5-8,10-17,24-26,28,37H,3-4,9,18-20H2,1-2H3/b16-8-/t24-,25+,26+,28?,32-,33+/m1/s1. The fourth-order valence-corrected chi connectivity index (χ4v) is 9.73. The van der Waals surface area contributed by atoms with Crippen molar-refractivity contribution >= 4 is 46.8 Å². The van der Waals surface area contributed by atoms with Crippen molar-refractivity contribution in [1.29, 1.82) is 0 Å². The smallest absolute Gasteiger partial charge is 0.311 e. The van der Waals surface area contributed by atoms with E-state index in [1.165, 1.54) is 11.8 Å². The highest BCUT2D eigenvalue weighted by atomic mass is 35.5. The number of hydrogen-bond donors (Lipinski definition) is 1. The van der Waals surface area contributed by atoms with Gasteiger partial charge in [-0.2, -0.15) is 0 Å². The number of aliphatic hydroxyl groups is 1. The Balaban J connectivity index is 1.56. The number of allylic oxidation sites excluding steroid dienone is 1. The molecule has 220 valence electrons. The SMILES string of the molecule is Cc1cccc(Cl)c1N1CC=C[C@]23S[C@]4(C)/C=C\CCCCOC(=O)[C@@H]4[C@H]2C(=O)N([C@H](CO)c2ccccc2)C3C1=O. The van der Waals surface area contributed by atoms with Gasteiger partial charge in [-0.05, 0) is 50.3 Å². The average molecular weight is 607 g/mol. The largest absolute Gasteiger partial charge is 0.465 e. The second kappa shape index (κ2) is 11.2. The second-order valence-electron chi connectivity index (χ2n) is 11.7. The number of ether oxygens (including phenoxy) is 1. The number of aryl methyl sites for hydroxylation is 1. The molecule has 2 aromatic rings. The molecule has 6 atom stereocenters. The van der Waals surface area contributed by atoms with Gasteiger partial charge in [0.2, 0.25) is 5.91 Å². The monoisotopic (exact) mass is 606 g/mol. The first-order chi connectivity index (χ1) is 20.2. The molecule has 0 aliphatic carbocycles. The van der Waals surface area contributed by atoms with Crippen LogP contribution in [0.4, 0.5) is 5.69 Å². The van der Waals surface area contributed by atoms with E-state index in [-0.39, 0.29) is 25.0 Å². The first-order valence-electron chi connectivity index (χ1n) is 14.5. The molecular weight excluding hydrogens is 572 g/mol. The van der Waals surface area contributed by atoms with Crippen LogP contribution < -0.4 is 4.90 Å². The Labute approximate surface area is 255 Å². The van der Waals surface area contributed by atoms with Gasteiger partial charge in [-0.25, -0.2) is 0 Å². The number of nitrogens with zero attached hydrogens (tertiary/aromatic N) is 2. The summed E-state index contributed by atoms with van der Waals surface area (Å²) in [7, 11) is 0. The van der Waals surface area contributed by atoms with Crippen molar-refractivity contribution in [2.24, 2.45) is 11.8 Å². The Morgan fingerprint density at radius 2 is 1.81 bits per heavy atom. The third-order valence-electron chi connectivity index (χ3n) is 9.09. The molecular formula is C33H35ClN2O5S. The van der Waals surface area contributed by atoms with Gasteiger partial charge in [0.25, 0.3) is 5.91 Å². The third-order valence-corrected chi connectivity index (χ3v) is 11.2. The molecule has 0 radical (unpaired) electrons. The predicted molar refractivity (Wildman–Crippen MR) is 164 cm³/mol. The number of esters is 1. The lowest BCUT2D eigenvalue weighted by molar-refractivity contribution is -0.154. The summed E-state index contributed by atoms with van der Waals surface area (Å²) in [5, 5.41) is 11.2. The molecule has 0 bridgehead atoms. The summed E-state index contributed by atoms with van der Waals surface area (Å²) >= 11 is 8.17. The number of carbonyl (C=O) groups is 3. The zero-order chi connectivity index (χ0) is 29.6. The van der Waals surface area contributed by atoms with E-state index >= 15 is 0 Å². The molecule has 2 saturated heterocycles. The highest BCUT2D eigenvalue weighted by molar-refractivity contribution is 8.02. The summed E-state index contributed by atoms with van der Waals surface area (Å²) in [6, 6.07) is 13.0. The molecule has 9 heteroatoms. The first-order valence-corrected chi connectivity index (χ1v) is 15.7. The maximum absolute atomic E-state index is 14.9. The fourth-order valence-electron chi connectivity index (χ4n) is 7.27. The maximum Gasteiger partial charge on any atom is 0.311 e. The molecule has 2 fully saturated rings. The van der Waals surface area contributed by atoms with E-state index < -0.39 is 39.4 Å². The lowest BCUT2D eigenvalue weighted by Crippen LogP contribution is -2.54. The second-order valence-corrected chi connectivity index (χ2v) is 13.9. The lowest BCUT2D eigenvalue weighted by Gasteiger charge is -2.40. The van der Waals surface area contributed by atoms with E-state index in [9.17, 15) is 19.5 Å². The lowest BCUT2D eigenvalue weighted by atomic mass is 9.74. The number of fused-ring (bicyclic) bond motifs is 2. The quantitative estimate of drug-likeness (QED) is 0.378. The van der Waals surface area contributed by atoms with Gasteiger partial charge in [0.15, 0.2) is 0 Å². The van der Waals surface area contributed by atoms with Crippen LogP contribution in [-0.2, 0) is 19.1 Å². The molecule has 42 heavy (non-hydrogen) atoms. The molecule has 0 aromatic heterocycles. The van der Waals surface area contributed by atoms with Crippen LogP contribution in [0.15, 0.2) is 72.8 Å². The number of thioether (sulfide) groups is 1. The zero-order valence-corrected chi connectivity index (χ0v) is 25.3. The molecule has 7 nitrogen and oxygen atoms in total. The summed E-state index contributed by atoms with van der Waals surface area (Å²) in [4.78, 5) is 46.7. The van der Waals surface area contributed by atoms with Gasteiger partial charge >= 0.3 is 5.97 Å². The maximum atomic E-state index is 14.9. The number of carbonyl (C=O) groups excluding carboxylic acids is 3. The van der Waals surface area contributed by atoms with Crippen molar-refractivity contribution in [2.45, 2.75) is 54.7 Å². The number of para-hydroxylation sites is 1. The van der Waals surface area contributed by atoms with Gasteiger partial charge in [0, 0.05) is 11.3 Å². The Morgan fingerprint density at radius 1 is 1.02 bits per heavy atom. The number of amides is 2. The number of rotatable bonds is 4. The van der Waals surface area contributed by atoms with Crippen molar-refractivity contribution < 1.29 is 24.2 Å². The Hall–Kier alpha value is -3.07. The minimum Gasteiger partial charge on any atom is -0.465 e. The molecule has 6 rings (SSSR count). The minimum atomic E-state index is -1.07. The van der Waals surface area contributed by atoms with E-state index in [4.69, 9.17) is 16.3 Å². The van der Waals surface area contributed by atoms with E-state index in [0.717, 1.165) is 24.8 Å². The van der Waals surface area contributed by atoms with Gasteiger partial charge in [-0.1, -0.05) is 78.4 Å². The van der Waals surface area contributed by atoms with Gasteiger partial charge < -0.3 is 19.6 Å². The average Bonchev–Trinajstić information content (AvgIpc) is 3.30. The number of cyclic esters (lactones) is 1. The number of anilines is 1. The van der Waals surface area contributed by atoms with Gasteiger partial charge in [-0.15, -0.1) is 11.8 Å². The van der Waals surface area contributed by atoms with Crippen LogP contribution in [0.25, 0.3) is 0 Å². The van der Waals surface area contributed by atoms with Crippen LogP contribution in [0.2, 0.25) is 5.02 Å². The van der Waals surface area contributed by atoms with Gasteiger partial charge in [0.05, 0.1) is 46.5 Å². The molecule has 1 N–H and O–H groups in total. The molecule has 4 aliphatic rings. The zero-order valence-electron chi connectivity index (χ0n) is 23.7. The molecule has 1 unspecified atom stereocenters. The molecule has 2 aromatic carbocycles. The van der Waals surface area contributed by atoms with Crippen LogP contribution in [-0.4, -0.2) is 63.1 Å². The van der Waals surface area contributed by atoms with Crippen molar-refractivity contribution in [1.82, 2.24) is 4.90 Å². The number of aliphatic hydroxyl groups excluding tert-OH is 1. The van der Waals surface area contributed by atoms with Crippen LogP contribution in [0.5, 0.6) is 0 Å². The Kier molecular flexibility index (Phi) is 7.75. The highest BCUT2D eigenvalue weighted by Gasteiger charge is 2.74. The van der Waals surface area contributed by atoms with E-state index in [1.807, 2.05) is 74.5 Å². The van der Waals surface area contributed by atoms with Crippen molar-refractivity contribution in [2.75, 3.05) is 24.7 Å². The molecule has 4 heterocycles. The molecule has 1 spiro atoms. The van der Waals surface area contributed by atoms with Crippen LogP contribution in [0.1, 0.15) is 43.4 Å². The van der Waals surface area contributed by atoms with E-state index in [2.05, 4.69) is 6.08 Å². The summed E-state index contributed by atoms with van der Waals surface area (Å²) in [6.07, 6.45) is 10.5. The summed E-state index contributed by atoms with van der Waals surface area (Å²) < 4.78 is 3.92. The van der Waals surface area contributed by atoms with Gasteiger partial charge in [-0.3, -0.25) is 14.4 Å². The van der Waals surface area contributed by atoms with Crippen LogP contribution in [0.3, 0.4) is 0 Å². The molecule has 4 aliphatic heterocycles. The predicted octanol–water partition coefficient (Wildman–Crippen LogP) is 5.26. The van der Waals surface area contributed by atoms with E-state index in [1.54, 1.807) is 15.9 Å². The van der Waals surface area contributed by atoms with Crippen molar-refractivity contribution in [3.63, 3.8) is 0 Å². The topological polar surface area (TPSA) is 87.2 Å². The minimum absolute atomic E-state index is 0.258. The fraction of sp³-hybridized carbons (Fsp3) is 0.424. The third kappa shape index (κ3) is 4.50. The van der Waals surface area contributed by atoms with Crippen molar-refractivity contribution in [3.05, 3.63) is 89.0 Å². The first kappa shape index (κ1) is 29.0. The number of benzene rings is 2. The van der Waals surface area contributed by atoms with Crippen LogP contribution in [0, 0.1) is 18.8 Å². The highest BCUT2D eigenvalue weighted by Crippen LogP contribution is 2.66. The number of hydrogen-bond acceptors (Lipinski definition) is 6. The van der Waals surface area contributed by atoms with Gasteiger partial charge in [0.1, 0.15) is 6.04 Å². The summed E-state index contributed by atoms with van der Waals surface area (Å²) in [5.74, 6) is -2.71. The summed E-state index contributed by atoms with van der Waals surface area (Å²) in [6.45, 7) is 4.05.